The highest BCUT2D eigenvalue weighted by atomic mass is 16.7. The third kappa shape index (κ3) is 2.51. The Balaban J connectivity index is 1.64. The van der Waals surface area contributed by atoms with Crippen LogP contribution in [0.1, 0.15) is 25.0 Å². The van der Waals surface area contributed by atoms with E-state index < -0.39 is 0 Å². The van der Waals surface area contributed by atoms with Crippen molar-refractivity contribution in [3.05, 3.63) is 36.1 Å². The number of ether oxygens (including phenoxy) is 2. The maximum Gasteiger partial charge on any atom is 0.158 e. The van der Waals surface area contributed by atoms with Crippen LogP contribution in [0.5, 0.6) is 0 Å². The van der Waals surface area contributed by atoms with Gasteiger partial charge < -0.3 is 13.9 Å². The van der Waals surface area contributed by atoms with Crippen molar-refractivity contribution in [3.63, 3.8) is 0 Å². The molecule has 17 heavy (non-hydrogen) atoms. The molecule has 1 aliphatic heterocycles. The standard InChI is InChI=1S/C14H16O3/c1-2-6-13-11(5-1)9-12(17-13)10-16-14-7-3-4-8-15-14/h1-2,5-6,9,14H,3-4,7-8,10H2. The number of hydrogen-bond donors (Lipinski definition) is 0. The van der Waals surface area contributed by atoms with Crippen LogP contribution < -0.4 is 0 Å². The van der Waals surface area contributed by atoms with Crippen molar-refractivity contribution in [2.75, 3.05) is 6.61 Å². The van der Waals surface area contributed by atoms with Crippen LogP contribution in [0.25, 0.3) is 11.0 Å². The molecule has 3 heteroatoms. The van der Waals surface area contributed by atoms with Crippen LogP contribution in [0.4, 0.5) is 0 Å². The second-order valence-electron chi connectivity index (χ2n) is 4.36. The second-order valence-corrected chi connectivity index (χ2v) is 4.36. The number of fused-ring (bicyclic) bond motifs is 1. The topological polar surface area (TPSA) is 31.6 Å². The molecule has 0 aliphatic carbocycles. The molecule has 0 radical (unpaired) electrons. The largest absolute Gasteiger partial charge is 0.459 e. The summed E-state index contributed by atoms with van der Waals surface area (Å²) < 4.78 is 16.9. The molecule has 1 aromatic carbocycles. The Hall–Kier alpha value is -1.32. The first-order valence-electron chi connectivity index (χ1n) is 6.12. The number of benzene rings is 1. The van der Waals surface area contributed by atoms with Crippen molar-refractivity contribution in [3.8, 4) is 0 Å². The van der Waals surface area contributed by atoms with Gasteiger partial charge in [0.15, 0.2) is 6.29 Å². The van der Waals surface area contributed by atoms with Crippen molar-refractivity contribution in [2.24, 2.45) is 0 Å². The van der Waals surface area contributed by atoms with Crippen LogP contribution in [0.15, 0.2) is 34.7 Å². The highest BCUT2D eigenvalue weighted by Gasteiger charge is 2.14. The summed E-state index contributed by atoms with van der Waals surface area (Å²) in [4.78, 5) is 0. The predicted molar refractivity (Wildman–Crippen MR) is 64.6 cm³/mol. The van der Waals surface area contributed by atoms with E-state index in [0.717, 1.165) is 36.2 Å². The first kappa shape index (κ1) is 10.8. The van der Waals surface area contributed by atoms with Crippen LogP contribution in [0, 0.1) is 0 Å². The summed E-state index contributed by atoms with van der Waals surface area (Å²) in [5.41, 5.74) is 0.913. The lowest BCUT2D eigenvalue weighted by Crippen LogP contribution is -2.21. The van der Waals surface area contributed by atoms with Crippen LogP contribution in [-0.2, 0) is 16.1 Å². The van der Waals surface area contributed by atoms with Gasteiger partial charge in [0, 0.05) is 12.0 Å². The predicted octanol–water partition coefficient (Wildman–Crippen LogP) is 3.48. The van der Waals surface area contributed by atoms with E-state index in [1.807, 2.05) is 30.3 Å². The zero-order valence-corrected chi connectivity index (χ0v) is 9.72. The fourth-order valence-corrected chi connectivity index (χ4v) is 2.13. The Labute approximate surface area is 100 Å². The second kappa shape index (κ2) is 4.90. The Morgan fingerprint density at radius 2 is 2.18 bits per heavy atom. The quantitative estimate of drug-likeness (QED) is 0.812. The van der Waals surface area contributed by atoms with Crippen LogP contribution in [-0.4, -0.2) is 12.9 Å². The SMILES string of the molecule is c1ccc2oc(COC3CCCCO3)cc2c1. The maximum atomic E-state index is 5.68. The summed E-state index contributed by atoms with van der Waals surface area (Å²) in [5, 5.41) is 1.12. The maximum absolute atomic E-state index is 5.68. The summed E-state index contributed by atoms with van der Waals surface area (Å²) in [6.45, 7) is 1.30. The van der Waals surface area contributed by atoms with Gasteiger partial charge in [0.1, 0.15) is 18.0 Å². The summed E-state index contributed by atoms with van der Waals surface area (Å²) >= 11 is 0. The summed E-state index contributed by atoms with van der Waals surface area (Å²) in [6.07, 6.45) is 3.26. The molecule has 0 amide bonds. The zero-order valence-electron chi connectivity index (χ0n) is 9.72. The monoisotopic (exact) mass is 232 g/mol. The van der Waals surface area contributed by atoms with Gasteiger partial charge in [0.2, 0.25) is 0 Å². The minimum Gasteiger partial charge on any atom is -0.459 e. The molecule has 1 aliphatic rings. The molecule has 0 N–H and O–H groups in total. The fourth-order valence-electron chi connectivity index (χ4n) is 2.13. The van der Waals surface area contributed by atoms with E-state index in [2.05, 4.69) is 0 Å². The summed E-state index contributed by atoms with van der Waals surface area (Å²) in [5.74, 6) is 0.861. The van der Waals surface area contributed by atoms with Gasteiger partial charge in [-0.1, -0.05) is 18.2 Å². The number of para-hydroxylation sites is 1. The molecule has 2 heterocycles. The van der Waals surface area contributed by atoms with Crippen molar-refractivity contribution in [1.82, 2.24) is 0 Å². The zero-order chi connectivity index (χ0) is 11.5. The molecule has 1 unspecified atom stereocenters. The first-order valence-corrected chi connectivity index (χ1v) is 6.12. The van der Waals surface area contributed by atoms with Crippen LogP contribution >= 0.6 is 0 Å². The van der Waals surface area contributed by atoms with E-state index in [1.54, 1.807) is 0 Å². The molecule has 1 aromatic heterocycles. The minimum atomic E-state index is -0.0584. The Kier molecular flexibility index (Phi) is 3.12. The molecule has 90 valence electrons. The first-order chi connectivity index (χ1) is 8.42. The average Bonchev–Trinajstić information content (AvgIpc) is 2.80. The lowest BCUT2D eigenvalue weighted by molar-refractivity contribution is -0.171. The van der Waals surface area contributed by atoms with E-state index in [9.17, 15) is 0 Å². The van der Waals surface area contributed by atoms with E-state index in [1.165, 1.54) is 6.42 Å². The van der Waals surface area contributed by atoms with E-state index in [4.69, 9.17) is 13.9 Å². The third-order valence-corrected chi connectivity index (χ3v) is 3.03. The minimum absolute atomic E-state index is 0.0584. The van der Waals surface area contributed by atoms with Gasteiger partial charge >= 0.3 is 0 Å². The average molecular weight is 232 g/mol. The van der Waals surface area contributed by atoms with Gasteiger partial charge in [-0.15, -0.1) is 0 Å². The third-order valence-electron chi connectivity index (χ3n) is 3.03. The summed E-state index contributed by atoms with van der Waals surface area (Å²) in [7, 11) is 0. The molecule has 1 saturated heterocycles. The van der Waals surface area contributed by atoms with Gasteiger partial charge in [-0.3, -0.25) is 0 Å². The molecule has 1 fully saturated rings. The van der Waals surface area contributed by atoms with E-state index >= 15 is 0 Å². The number of hydrogen-bond acceptors (Lipinski definition) is 3. The smallest absolute Gasteiger partial charge is 0.158 e. The Bertz CT molecular complexity index is 450. The molecular formula is C14H16O3. The van der Waals surface area contributed by atoms with Gasteiger partial charge in [0.05, 0.1) is 0 Å². The molecule has 2 aromatic rings. The lowest BCUT2D eigenvalue weighted by atomic mass is 10.2. The van der Waals surface area contributed by atoms with Gasteiger partial charge in [0.25, 0.3) is 0 Å². The molecule has 3 rings (SSSR count). The molecule has 0 spiro atoms. The van der Waals surface area contributed by atoms with Crippen molar-refractivity contribution in [2.45, 2.75) is 32.2 Å². The van der Waals surface area contributed by atoms with E-state index in [0.29, 0.717) is 6.61 Å². The highest BCUT2D eigenvalue weighted by molar-refractivity contribution is 5.77. The van der Waals surface area contributed by atoms with Gasteiger partial charge in [-0.05, 0) is 31.4 Å². The molecule has 0 bridgehead atoms. The van der Waals surface area contributed by atoms with Crippen molar-refractivity contribution in [1.29, 1.82) is 0 Å². The van der Waals surface area contributed by atoms with Crippen molar-refractivity contribution >= 4 is 11.0 Å². The molecule has 0 saturated carbocycles. The lowest BCUT2D eigenvalue weighted by Gasteiger charge is -2.22. The fraction of sp³-hybridized carbons (Fsp3) is 0.429. The van der Waals surface area contributed by atoms with Crippen molar-refractivity contribution < 1.29 is 13.9 Å². The normalized spacial score (nSPS) is 20.8. The molecule has 3 nitrogen and oxygen atoms in total. The number of rotatable bonds is 3. The van der Waals surface area contributed by atoms with E-state index in [-0.39, 0.29) is 6.29 Å². The Morgan fingerprint density at radius 1 is 1.24 bits per heavy atom. The highest BCUT2D eigenvalue weighted by Crippen LogP contribution is 2.21. The van der Waals surface area contributed by atoms with Gasteiger partial charge in [-0.25, -0.2) is 0 Å². The molecule has 1 atom stereocenters. The summed E-state index contributed by atoms with van der Waals surface area (Å²) in [6, 6.07) is 10.0. The van der Waals surface area contributed by atoms with Crippen LogP contribution in [0.2, 0.25) is 0 Å². The van der Waals surface area contributed by atoms with Gasteiger partial charge in [-0.2, -0.15) is 0 Å². The van der Waals surface area contributed by atoms with Crippen LogP contribution in [0.3, 0.4) is 0 Å². The number of furan rings is 1. The molecular weight excluding hydrogens is 216 g/mol. The Morgan fingerprint density at radius 3 is 3.00 bits per heavy atom.